The maximum Gasteiger partial charge on any atom is -0.00131 e. The zero-order valence-electron chi connectivity index (χ0n) is 11.3. The van der Waals surface area contributed by atoms with Crippen LogP contribution in [0.15, 0.2) is 48.5 Å². The van der Waals surface area contributed by atoms with E-state index < -0.39 is 0 Å². The van der Waals surface area contributed by atoms with E-state index in [1.165, 1.54) is 44.2 Å². The van der Waals surface area contributed by atoms with Crippen molar-refractivity contribution >= 4 is 10.8 Å². The van der Waals surface area contributed by atoms with Crippen LogP contribution in [0.1, 0.15) is 22.3 Å². The van der Waals surface area contributed by atoms with Gasteiger partial charge in [-0.3, -0.25) is 0 Å². The molecule has 0 heterocycles. The minimum atomic E-state index is 1.08. The molecule has 0 N–H and O–H groups in total. The van der Waals surface area contributed by atoms with Gasteiger partial charge in [0.15, 0.2) is 0 Å². The Morgan fingerprint density at radius 2 is 1.53 bits per heavy atom. The maximum absolute atomic E-state index is 2.36. The van der Waals surface area contributed by atoms with Crippen molar-refractivity contribution in [1.82, 2.24) is 0 Å². The molecule has 0 amide bonds. The summed E-state index contributed by atoms with van der Waals surface area (Å²) in [4.78, 5) is 0. The Hall–Kier alpha value is -2.08. The van der Waals surface area contributed by atoms with Crippen LogP contribution in [0.4, 0.5) is 0 Å². The van der Waals surface area contributed by atoms with Crippen LogP contribution in [0.25, 0.3) is 21.9 Å². The van der Waals surface area contributed by atoms with E-state index in [1.54, 1.807) is 0 Å². The molecule has 0 bridgehead atoms. The van der Waals surface area contributed by atoms with Gasteiger partial charge in [0.05, 0.1) is 0 Å². The first kappa shape index (κ1) is 10.8. The molecule has 0 heteroatoms. The van der Waals surface area contributed by atoms with Crippen LogP contribution in [0, 0.1) is 13.8 Å². The van der Waals surface area contributed by atoms with Gasteiger partial charge in [0.25, 0.3) is 0 Å². The number of benzene rings is 3. The fourth-order valence-electron chi connectivity index (χ4n) is 3.27. The molecule has 0 saturated carbocycles. The molecule has 0 aromatic heterocycles. The first-order chi connectivity index (χ1) is 9.24. The number of aryl methyl sites for hydroxylation is 1. The smallest absolute Gasteiger partial charge is 0.00131 e. The van der Waals surface area contributed by atoms with E-state index >= 15 is 0 Å². The third-order valence-corrected chi connectivity index (χ3v) is 4.44. The third-order valence-electron chi connectivity index (χ3n) is 4.44. The summed E-state index contributed by atoms with van der Waals surface area (Å²) in [5.74, 6) is 0. The molecule has 0 spiro atoms. The molecule has 4 rings (SSSR count). The SMILES string of the molecule is Cc1ccc2c(c1C)-c1cc3ccccc3cc1C2. The Bertz CT molecular complexity index is 810. The molecule has 3 aromatic carbocycles. The van der Waals surface area contributed by atoms with E-state index in [0.717, 1.165) is 6.42 Å². The van der Waals surface area contributed by atoms with E-state index in [4.69, 9.17) is 0 Å². The van der Waals surface area contributed by atoms with Crippen molar-refractivity contribution in [1.29, 1.82) is 0 Å². The van der Waals surface area contributed by atoms with Crippen molar-refractivity contribution in [2.24, 2.45) is 0 Å². The monoisotopic (exact) mass is 244 g/mol. The molecule has 0 unspecified atom stereocenters. The number of rotatable bonds is 0. The standard InChI is InChI=1S/C19H16/c1-12-7-8-16-10-17-9-14-5-3-4-6-15(14)11-18(17)19(16)13(12)2/h3-9,11H,10H2,1-2H3. The van der Waals surface area contributed by atoms with E-state index in [-0.39, 0.29) is 0 Å². The molecular formula is C19H16. The van der Waals surface area contributed by atoms with Gasteiger partial charge >= 0.3 is 0 Å². The van der Waals surface area contributed by atoms with E-state index in [9.17, 15) is 0 Å². The minimum absolute atomic E-state index is 1.08. The lowest BCUT2D eigenvalue weighted by atomic mass is 9.95. The fraction of sp³-hybridized carbons (Fsp3) is 0.158. The van der Waals surface area contributed by atoms with Crippen molar-refractivity contribution in [3.05, 3.63) is 70.8 Å². The predicted molar refractivity (Wildman–Crippen MR) is 81.7 cm³/mol. The Balaban J connectivity index is 2.08. The van der Waals surface area contributed by atoms with E-state index in [1.807, 2.05) is 0 Å². The summed E-state index contributed by atoms with van der Waals surface area (Å²) >= 11 is 0. The molecule has 0 atom stereocenters. The highest BCUT2D eigenvalue weighted by Crippen LogP contribution is 2.41. The van der Waals surface area contributed by atoms with Crippen molar-refractivity contribution in [3.63, 3.8) is 0 Å². The summed E-state index contributed by atoms with van der Waals surface area (Å²) in [6, 6.07) is 17.9. The van der Waals surface area contributed by atoms with Crippen LogP contribution in [0.2, 0.25) is 0 Å². The minimum Gasteiger partial charge on any atom is -0.0616 e. The summed E-state index contributed by atoms with van der Waals surface area (Å²) in [7, 11) is 0. The second kappa shape index (κ2) is 3.71. The van der Waals surface area contributed by atoms with Crippen molar-refractivity contribution in [3.8, 4) is 11.1 Å². The second-order valence-corrected chi connectivity index (χ2v) is 5.57. The second-order valence-electron chi connectivity index (χ2n) is 5.57. The van der Waals surface area contributed by atoms with Crippen molar-refractivity contribution in [2.75, 3.05) is 0 Å². The van der Waals surface area contributed by atoms with Crippen molar-refractivity contribution < 1.29 is 0 Å². The Morgan fingerprint density at radius 3 is 2.32 bits per heavy atom. The van der Waals surface area contributed by atoms with Gasteiger partial charge in [-0.25, -0.2) is 0 Å². The molecular weight excluding hydrogens is 228 g/mol. The van der Waals surface area contributed by atoms with Crippen LogP contribution in [-0.2, 0) is 6.42 Å². The van der Waals surface area contributed by atoms with Crippen LogP contribution < -0.4 is 0 Å². The molecule has 92 valence electrons. The first-order valence-electron chi connectivity index (χ1n) is 6.85. The molecule has 0 aliphatic heterocycles. The van der Waals surface area contributed by atoms with Gasteiger partial charge in [-0.15, -0.1) is 0 Å². The zero-order chi connectivity index (χ0) is 13.0. The van der Waals surface area contributed by atoms with Crippen LogP contribution in [-0.4, -0.2) is 0 Å². The van der Waals surface area contributed by atoms with Crippen LogP contribution in [0.3, 0.4) is 0 Å². The largest absolute Gasteiger partial charge is 0.0616 e. The van der Waals surface area contributed by atoms with Gasteiger partial charge < -0.3 is 0 Å². The zero-order valence-corrected chi connectivity index (χ0v) is 11.3. The van der Waals surface area contributed by atoms with Crippen LogP contribution >= 0.6 is 0 Å². The Labute approximate surface area is 113 Å². The number of hydrogen-bond donors (Lipinski definition) is 0. The molecule has 19 heavy (non-hydrogen) atoms. The fourth-order valence-corrected chi connectivity index (χ4v) is 3.27. The molecule has 0 saturated heterocycles. The van der Waals surface area contributed by atoms with Gasteiger partial charge in [-0.1, -0.05) is 42.5 Å². The molecule has 0 radical (unpaired) electrons. The highest BCUT2D eigenvalue weighted by Gasteiger charge is 2.21. The van der Waals surface area contributed by atoms with Crippen LogP contribution in [0.5, 0.6) is 0 Å². The highest BCUT2D eigenvalue weighted by molar-refractivity contribution is 5.92. The van der Waals surface area contributed by atoms with Gasteiger partial charge in [0, 0.05) is 0 Å². The van der Waals surface area contributed by atoms with Gasteiger partial charge in [0.1, 0.15) is 0 Å². The highest BCUT2D eigenvalue weighted by atomic mass is 14.2. The summed E-state index contributed by atoms with van der Waals surface area (Å²) < 4.78 is 0. The molecule has 0 nitrogen and oxygen atoms in total. The Kier molecular flexibility index (Phi) is 2.11. The van der Waals surface area contributed by atoms with E-state index in [2.05, 4.69) is 62.4 Å². The maximum atomic E-state index is 2.36. The summed E-state index contributed by atoms with van der Waals surface area (Å²) in [5.41, 5.74) is 8.69. The molecule has 3 aromatic rings. The van der Waals surface area contributed by atoms with Gasteiger partial charge in [-0.2, -0.15) is 0 Å². The molecule has 1 aliphatic carbocycles. The first-order valence-corrected chi connectivity index (χ1v) is 6.85. The van der Waals surface area contributed by atoms with Gasteiger partial charge in [0.2, 0.25) is 0 Å². The number of hydrogen-bond acceptors (Lipinski definition) is 0. The molecule has 0 fully saturated rings. The third kappa shape index (κ3) is 1.46. The average molecular weight is 244 g/mol. The lowest BCUT2D eigenvalue weighted by molar-refractivity contribution is 1.24. The molecule has 1 aliphatic rings. The quantitative estimate of drug-likeness (QED) is 0.407. The lowest BCUT2D eigenvalue weighted by Gasteiger charge is -2.09. The lowest BCUT2D eigenvalue weighted by Crippen LogP contribution is -1.87. The average Bonchev–Trinajstić information content (AvgIpc) is 2.78. The van der Waals surface area contributed by atoms with Crippen molar-refractivity contribution in [2.45, 2.75) is 20.3 Å². The predicted octanol–water partition coefficient (Wildman–Crippen LogP) is 5.03. The summed E-state index contributed by atoms with van der Waals surface area (Å²) in [5, 5.41) is 2.69. The normalized spacial score (nSPS) is 12.5. The topological polar surface area (TPSA) is 0 Å². The van der Waals surface area contributed by atoms with Gasteiger partial charge in [-0.05, 0) is 70.5 Å². The Morgan fingerprint density at radius 1 is 0.789 bits per heavy atom. The number of fused-ring (bicyclic) bond motifs is 4. The van der Waals surface area contributed by atoms with E-state index in [0.29, 0.717) is 0 Å². The summed E-state index contributed by atoms with van der Waals surface area (Å²) in [6.45, 7) is 4.45. The summed E-state index contributed by atoms with van der Waals surface area (Å²) in [6.07, 6.45) is 1.08.